The van der Waals surface area contributed by atoms with E-state index in [4.69, 9.17) is 15.6 Å². The van der Waals surface area contributed by atoms with E-state index in [1.54, 1.807) is 0 Å². The molecule has 0 spiro atoms. The normalized spacial score (nSPS) is 9.44. The monoisotopic (exact) mass is 257 g/mol. The van der Waals surface area contributed by atoms with Crippen LogP contribution >= 0.6 is 0 Å². The van der Waals surface area contributed by atoms with Gasteiger partial charge in [-0.15, -0.1) is 0 Å². The molecule has 0 bridgehead atoms. The summed E-state index contributed by atoms with van der Waals surface area (Å²) in [5.74, 6) is -4.16. The molecular weight excluding hydrogens is 252 g/mol. The van der Waals surface area contributed by atoms with Gasteiger partial charge < -0.3 is 5.11 Å². The van der Waals surface area contributed by atoms with Crippen molar-refractivity contribution in [3.63, 3.8) is 0 Å². The molecule has 0 radical (unpaired) electrons. The van der Waals surface area contributed by atoms with Gasteiger partial charge in [-0.1, -0.05) is 0 Å². The lowest BCUT2D eigenvalue weighted by molar-refractivity contribution is 0.0701. The summed E-state index contributed by atoms with van der Waals surface area (Å²) in [6, 6.07) is 1.63. The summed E-state index contributed by atoms with van der Waals surface area (Å²) in [5, 5.41) is 26.8. The van der Waals surface area contributed by atoms with Crippen molar-refractivity contribution in [3.05, 3.63) is 28.8 Å². The van der Waals surface area contributed by atoms with Crippen molar-refractivity contribution in [1.29, 1.82) is 5.26 Å². The number of hydrogen-bond donors (Lipinski definition) is 4. The highest BCUT2D eigenvalue weighted by Crippen LogP contribution is 2.25. The first-order chi connectivity index (χ1) is 8.42. The lowest BCUT2D eigenvalue weighted by Gasteiger charge is -2.09. The number of hydrogen-bond acceptors (Lipinski definition) is 4. The summed E-state index contributed by atoms with van der Waals surface area (Å²) in [7, 11) is 0. The van der Waals surface area contributed by atoms with Crippen LogP contribution in [0.1, 0.15) is 15.9 Å². The quantitative estimate of drug-likeness (QED) is 0.465. The number of nitrogens with one attached hydrogen (secondary N) is 2. The van der Waals surface area contributed by atoms with Crippen molar-refractivity contribution in [1.82, 2.24) is 5.48 Å². The van der Waals surface area contributed by atoms with Crippen LogP contribution in [0.15, 0.2) is 6.07 Å². The third-order valence-electron chi connectivity index (χ3n) is 1.91. The molecule has 0 saturated carbocycles. The second-order valence-corrected chi connectivity index (χ2v) is 2.95. The number of carbonyl (C=O) groups is 2. The predicted molar refractivity (Wildman–Crippen MR) is 52.0 cm³/mol. The standard InChI is InChI=1S/C9H5F2N3O4/c10-5-1-3(8(15)14-18)6(11)7(4(5)2-12)13-9(16)17/h1,13,18H,(H,14,15)(H,16,17). The number of anilines is 1. The fraction of sp³-hybridized carbons (Fsp3) is 0. The molecule has 0 atom stereocenters. The van der Waals surface area contributed by atoms with E-state index >= 15 is 0 Å². The Labute approximate surface area is 98.2 Å². The zero-order chi connectivity index (χ0) is 13.9. The largest absolute Gasteiger partial charge is 0.465 e. The Balaban J connectivity index is 3.54. The Morgan fingerprint density at radius 3 is 2.44 bits per heavy atom. The van der Waals surface area contributed by atoms with Gasteiger partial charge in [0.25, 0.3) is 5.91 Å². The van der Waals surface area contributed by atoms with Gasteiger partial charge in [-0.3, -0.25) is 15.3 Å². The molecule has 4 N–H and O–H groups in total. The highest BCUT2D eigenvalue weighted by atomic mass is 19.1. The number of nitrogens with zero attached hydrogens (tertiary/aromatic N) is 1. The van der Waals surface area contributed by atoms with Gasteiger partial charge in [0, 0.05) is 0 Å². The lowest BCUT2D eigenvalue weighted by Crippen LogP contribution is -2.22. The molecule has 0 unspecified atom stereocenters. The first-order valence-electron chi connectivity index (χ1n) is 4.28. The van der Waals surface area contributed by atoms with Crippen molar-refractivity contribution >= 4 is 17.7 Å². The topological polar surface area (TPSA) is 122 Å². The zero-order valence-corrected chi connectivity index (χ0v) is 8.49. The molecule has 0 aliphatic carbocycles. The highest BCUT2D eigenvalue weighted by molar-refractivity contribution is 5.96. The molecule has 1 aromatic carbocycles. The summed E-state index contributed by atoms with van der Waals surface area (Å²) in [6.07, 6.45) is -1.74. The summed E-state index contributed by atoms with van der Waals surface area (Å²) >= 11 is 0. The maximum atomic E-state index is 13.7. The third-order valence-corrected chi connectivity index (χ3v) is 1.91. The molecule has 18 heavy (non-hydrogen) atoms. The molecule has 1 aromatic rings. The van der Waals surface area contributed by atoms with Crippen LogP contribution in [0.5, 0.6) is 0 Å². The van der Waals surface area contributed by atoms with E-state index in [0.29, 0.717) is 6.07 Å². The summed E-state index contributed by atoms with van der Waals surface area (Å²) < 4.78 is 27.0. The van der Waals surface area contributed by atoms with Crippen LogP contribution in [0.4, 0.5) is 19.3 Å². The molecule has 0 fully saturated rings. The van der Waals surface area contributed by atoms with Gasteiger partial charge >= 0.3 is 6.09 Å². The number of hydroxylamine groups is 1. The molecule has 0 heterocycles. The van der Waals surface area contributed by atoms with Crippen molar-refractivity contribution < 1.29 is 28.7 Å². The minimum atomic E-state index is -1.74. The van der Waals surface area contributed by atoms with Gasteiger partial charge in [-0.2, -0.15) is 5.26 Å². The molecule has 0 aromatic heterocycles. The van der Waals surface area contributed by atoms with E-state index in [-0.39, 0.29) is 0 Å². The van der Waals surface area contributed by atoms with Crippen LogP contribution in [-0.2, 0) is 0 Å². The number of carbonyl (C=O) groups excluding carboxylic acids is 1. The van der Waals surface area contributed by atoms with Crippen LogP contribution in [0, 0.1) is 23.0 Å². The number of carboxylic acid groups (broad SMARTS) is 1. The fourth-order valence-electron chi connectivity index (χ4n) is 1.19. The average molecular weight is 257 g/mol. The molecule has 7 nitrogen and oxygen atoms in total. The maximum Gasteiger partial charge on any atom is 0.409 e. The first kappa shape index (κ1) is 13.3. The van der Waals surface area contributed by atoms with E-state index in [1.165, 1.54) is 11.4 Å². The van der Waals surface area contributed by atoms with E-state index in [2.05, 4.69) is 0 Å². The minimum absolute atomic E-state index is 0.368. The van der Waals surface area contributed by atoms with Gasteiger partial charge in [0.05, 0.1) is 5.56 Å². The molecule has 1 rings (SSSR count). The van der Waals surface area contributed by atoms with E-state index in [0.717, 1.165) is 5.48 Å². The number of rotatable bonds is 2. The number of nitriles is 1. The Morgan fingerprint density at radius 2 is 2.00 bits per heavy atom. The van der Waals surface area contributed by atoms with Gasteiger partial charge in [0.1, 0.15) is 23.1 Å². The van der Waals surface area contributed by atoms with E-state index in [1.807, 2.05) is 0 Å². The molecule has 0 aliphatic rings. The Bertz CT molecular complexity index is 568. The molecule has 94 valence electrons. The maximum absolute atomic E-state index is 13.7. The van der Waals surface area contributed by atoms with Gasteiger partial charge in [-0.25, -0.2) is 19.1 Å². The highest BCUT2D eigenvalue weighted by Gasteiger charge is 2.23. The van der Waals surface area contributed by atoms with E-state index in [9.17, 15) is 18.4 Å². The molecule has 0 aliphatic heterocycles. The third kappa shape index (κ3) is 2.33. The summed E-state index contributed by atoms with van der Waals surface area (Å²) in [5.41, 5.74) is -1.78. The van der Waals surface area contributed by atoms with Crippen molar-refractivity contribution in [3.8, 4) is 6.07 Å². The number of amides is 2. The average Bonchev–Trinajstić information content (AvgIpc) is 2.32. The van der Waals surface area contributed by atoms with Crippen LogP contribution in [0.2, 0.25) is 0 Å². The Morgan fingerprint density at radius 1 is 1.39 bits per heavy atom. The van der Waals surface area contributed by atoms with Crippen molar-refractivity contribution in [2.24, 2.45) is 0 Å². The van der Waals surface area contributed by atoms with Crippen LogP contribution in [0.3, 0.4) is 0 Å². The Hall–Kier alpha value is -2.73. The fourth-order valence-corrected chi connectivity index (χ4v) is 1.19. The van der Waals surface area contributed by atoms with Crippen LogP contribution < -0.4 is 10.8 Å². The molecule has 2 amide bonds. The zero-order valence-electron chi connectivity index (χ0n) is 8.49. The minimum Gasteiger partial charge on any atom is -0.465 e. The van der Waals surface area contributed by atoms with Crippen LogP contribution in [0.25, 0.3) is 0 Å². The lowest BCUT2D eigenvalue weighted by atomic mass is 10.1. The van der Waals surface area contributed by atoms with Gasteiger partial charge in [0.2, 0.25) is 0 Å². The Kier molecular flexibility index (Phi) is 3.75. The van der Waals surface area contributed by atoms with Gasteiger partial charge in [0.15, 0.2) is 5.82 Å². The summed E-state index contributed by atoms with van der Waals surface area (Å²) in [4.78, 5) is 21.4. The van der Waals surface area contributed by atoms with Crippen molar-refractivity contribution in [2.45, 2.75) is 0 Å². The number of benzene rings is 1. The van der Waals surface area contributed by atoms with E-state index < -0.39 is 40.4 Å². The smallest absolute Gasteiger partial charge is 0.409 e. The second-order valence-electron chi connectivity index (χ2n) is 2.95. The van der Waals surface area contributed by atoms with Crippen molar-refractivity contribution in [2.75, 3.05) is 5.32 Å². The van der Waals surface area contributed by atoms with Crippen LogP contribution in [-0.4, -0.2) is 22.3 Å². The first-order valence-corrected chi connectivity index (χ1v) is 4.28. The van der Waals surface area contributed by atoms with Gasteiger partial charge in [-0.05, 0) is 6.07 Å². The second kappa shape index (κ2) is 5.07. The molecular formula is C9H5F2N3O4. The predicted octanol–water partition coefficient (Wildman–Crippen LogP) is 1.05. The number of halogens is 2. The molecule has 9 heteroatoms. The SMILES string of the molecule is N#Cc1c(F)cc(C(=O)NO)c(F)c1NC(=O)O. The summed E-state index contributed by atoms with van der Waals surface area (Å²) in [6.45, 7) is 0. The molecule has 0 saturated heterocycles.